The van der Waals surface area contributed by atoms with Gasteiger partial charge in [0.15, 0.2) is 0 Å². The van der Waals surface area contributed by atoms with Gasteiger partial charge >= 0.3 is 0 Å². The fraction of sp³-hybridized carbons (Fsp3) is 0.562. The lowest BCUT2D eigenvalue weighted by atomic mass is 10.1. The Morgan fingerprint density at radius 2 is 2.22 bits per heavy atom. The van der Waals surface area contributed by atoms with Crippen molar-refractivity contribution in [3.8, 4) is 0 Å². The normalized spacial score (nSPS) is 17.9. The number of hydrogen-bond donors (Lipinski definition) is 0. The fourth-order valence-electron chi connectivity index (χ4n) is 3.22. The first-order chi connectivity index (χ1) is 11.0. The first kappa shape index (κ1) is 16.1. The van der Waals surface area contributed by atoms with E-state index >= 15 is 0 Å². The van der Waals surface area contributed by atoms with Crippen LogP contribution in [0.1, 0.15) is 35.5 Å². The van der Waals surface area contributed by atoms with E-state index in [1.165, 1.54) is 0 Å². The third-order valence-electron chi connectivity index (χ3n) is 4.45. The van der Waals surface area contributed by atoms with Gasteiger partial charge in [0.2, 0.25) is 11.1 Å². The van der Waals surface area contributed by atoms with Crippen LogP contribution in [0.5, 0.6) is 0 Å². The average molecular weight is 337 g/mol. The molecule has 1 atom stereocenters. The number of nitrogens with zero attached hydrogens (tertiary/aromatic N) is 4. The molecule has 0 aliphatic carbocycles. The van der Waals surface area contributed by atoms with Crippen LogP contribution in [0.15, 0.2) is 10.6 Å². The summed E-state index contributed by atoms with van der Waals surface area (Å²) in [6.07, 6.45) is 2.26. The second kappa shape index (κ2) is 6.35. The molecule has 0 radical (unpaired) electrons. The minimum atomic E-state index is 0.0715. The molecule has 2 aromatic rings. The summed E-state index contributed by atoms with van der Waals surface area (Å²) in [6.45, 7) is 7.35. The summed E-state index contributed by atoms with van der Waals surface area (Å²) in [7, 11) is 0. The Labute approximate surface area is 140 Å². The van der Waals surface area contributed by atoms with E-state index < -0.39 is 0 Å². The van der Waals surface area contributed by atoms with Gasteiger partial charge in [0.05, 0.1) is 30.4 Å². The summed E-state index contributed by atoms with van der Waals surface area (Å²) in [4.78, 5) is 14.6. The molecular weight excluding hydrogens is 316 g/mol. The van der Waals surface area contributed by atoms with Gasteiger partial charge in [0.25, 0.3) is 0 Å². The molecule has 6 nitrogen and oxygen atoms in total. The highest BCUT2D eigenvalue weighted by molar-refractivity contribution is 6.29. The Kier molecular flexibility index (Phi) is 4.43. The smallest absolute Gasteiger partial charge is 0.229 e. The molecule has 0 saturated carbocycles. The zero-order chi connectivity index (χ0) is 16.6. The van der Waals surface area contributed by atoms with E-state index in [-0.39, 0.29) is 23.6 Å². The molecule has 124 valence electrons. The topological polar surface area (TPSA) is 64.2 Å². The second-order valence-electron chi connectivity index (χ2n) is 6.19. The summed E-state index contributed by atoms with van der Waals surface area (Å²) in [6, 6.07) is 2.24. The zero-order valence-electron chi connectivity index (χ0n) is 13.7. The van der Waals surface area contributed by atoms with Gasteiger partial charge in [0.1, 0.15) is 0 Å². The van der Waals surface area contributed by atoms with Crippen molar-refractivity contribution in [2.24, 2.45) is 0 Å². The number of amides is 1. The van der Waals surface area contributed by atoms with Gasteiger partial charge in [-0.05, 0) is 51.3 Å². The van der Waals surface area contributed by atoms with Crippen LogP contribution in [-0.2, 0) is 17.8 Å². The van der Waals surface area contributed by atoms with E-state index in [1.54, 1.807) is 6.92 Å². The van der Waals surface area contributed by atoms with Crippen LogP contribution in [-0.4, -0.2) is 38.3 Å². The molecule has 7 heteroatoms. The molecule has 0 aromatic carbocycles. The van der Waals surface area contributed by atoms with E-state index in [1.807, 2.05) is 23.4 Å². The van der Waals surface area contributed by atoms with Gasteiger partial charge in [-0.1, -0.05) is 5.16 Å². The maximum atomic E-state index is 12.7. The molecule has 2 aromatic heterocycles. The molecule has 0 spiro atoms. The molecule has 1 saturated heterocycles. The quantitative estimate of drug-likeness (QED) is 0.861. The molecule has 0 N–H and O–H groups in total. The van der Waals surface area contributed by atoms with Crippen LogP contribution in [0.2, 0.25) is 5.22 Å². The molecule has 0 bridgehead atoms. The number of rotatable bonds is 4. The maximum absolute atomic E-state index is 12.7. The number of carbonyl (C=O) groups excluding carboxylic acids is 1. The third kappa shape index (κ3) is 3.27. The number of aryl methyl sites for hydroxylation is 3. The highest BCUT2D eigenvalue weighted by Gasteiger charge is 2.30. The van der Waals surface area contributed by atoms with Crippen molar-refractivity contribution >= 4 is 17.5 Å². The molecule has 23 heavy (non-hydrogen) atoms. The van der Waals surface area contributed by atoms with E-state index in [9.17, 15) is 4.79 Å². The lowest BCUT2D eigenvalue weighted by Gasteiger charge is -2.25. The molecule has 0 unspecified atom stereocenters. The fourth-order valence-corrected chi connectivity index (χ4v) is 3.46. The number of aromatic nitrogens is 3. The standard InChI is InChI=1S/C16H21ClN4O2/c1-10-7-11(2)21(18-10)9-13-5-4-6-20(13)15(22)8-14-12(3)19-23-16(14)17/h7,13H,4-6,8-9H2,1-3H3/t13-/m1/s1. The van der Waals surface area contributed by atoms with Gasteiger partial charge < -0.3 is 9.42 Å². The Balaban J connectivity index is 1.71. The van der Waals surface area contributed by atoms with E-state index in [2.05, 4.69) is 16.3 Å². The molecule has 1 aliphatic heterocycles. The predicted molar refractivity (Wildman–Crippen MR) is 86.4 cm³/mol. The average Bonchev–Trinajstić information content (AvgIpc) is 3.16. The monoisotopic (exact) mass is 336 g/mol. The van der Waals surface area contributed by atoms with Crippen LogP contribution in [0.25, 0.3) is 0 Å². The predicted octanol–water partition coefficient (Wildman–Crippen LogP) is 2.68. The molecule has 1 amide bonds. The Morgan fingerprint density at radius 3 is 2.83 bits per heavy atom. The van der Waals surface area contributed by atoms with Crippen molar-refractivity contribution < 1.29 is 9.32 Å². The van der Waals surface area contributed by atoms with Gasteiger partial charge in [-0.15, -0.1) is 0 Å². The largest absolute Gasteiger partial charge is 0.344 e. The summed E-state index contributed by atoms with van der Waals surface area (Å²) < 4.78 is 6.92. The van der Waals surface area contributed by atoms with Crippen LogP contribution >= 0.6 is 11.6 Å². The van der Waals surface area contributed by atoms with Crippen LogP contribution in [0.3, 0.4) is 0 Å². The molecule has 1 aliphatic rings. The molecule has 3 rings (SSSR count). The van der Waals surface area contributed by atoms with Crippen molar-refractivity contribution in [3.63, 3.8) is 0 Å². The van der Waals surface area contributed by atoms with Crippen LogP contribution in [0.4, 0.5) is 0 Å². The van der Waals surface area contributed by atoms with Crippen molar-refractivity contribution in [2.75, 3.05) is 6.54 Å². The summed E-state index contributed by atoms with van der Waals surface area (Å²) in [5, 5.41) is 8.52. The first-order valence-electron chi connectivity index (χ1n) is 7.87. The number of carbonyl (C=O) groups is 1. The van der Waals surface area contributed by atoms with Gasteiger partial charge in [-0.25, -0.2) is 0 Å². The summed E-state index contributed by atoms with van der Waals surface area (Å²) in [5.74, 6) is 0.0715. The molecule has 3 heterocycles. The van der Waals surface area contributed by atoms with E-state index in [4.69, 9.17) is 16.1 Å². The highest BCUT2D eigenvalue weighted by Crippen LogP contribution is 2.24. The number of hydrogen-bond acceptors (Lipinski definition) is 4. The Morgan fingerprint density at radius 1 is 1.43 bits per heavy atom. The Bertz CT molecular complexity index is 702. The van der Waals surface area contributed by atoms with Crippen LogP contribution in [0, 0.1) is 20.8 Å². The van der Waals surface area contributed by atoms with Crippen molar-refractivity contribution in [1.29, 1.82) is 0 Å². The summed E-state index contributed by atoms with van der Waals surface area (Å²) in [5.41, 5.74) is 3.50. The Hall–Kier alpha value is -1.82. The van der Waals surface area contributed by atoms with Crippen molar-refractivity contribution in [1.82, 2.24) is 19.8 Å². The maximum Gasteiger partial charge on any atom is 0.229 e. The lowest BCUT2D eigenvalue weighted by Crippen LogP contribution is -2.39. The number of halogens is 1. The molecular formula is C16H21ClN4O2. The minimum Gasteiger partial charge on any atom is -0.344 e. The SMILES string of the molecule is Cc1cc(C)n(C[C@H]2CCCN2C(=O)Cc2c(C)noc2Cl)n1. The first-order valence-corrected chi connectivity index (χ1v) is 8.24. The highest BCUT2D eigenvalue weighted by atomic mass is 35.5. The minimum absolute atomic E-state index is 0.0715. The van der Waals surface area contributed by atoms with E-state index in [0.29, 0.717) is 11.3 Å². The lowest BCUT2D eigenvalue weighted by molar-refractivity contribution is -0.131. The van der Waals surface area contributed by atoms with Crippen molar-refractivity contribution in [3.05, 3.63) is 33.9 Å². The van der Waals surface area contributed by atoms with Gasteiger partial charge in [-0.2, -0.15) is 5.10 Å². The van der Waals surface area contributed by atoms with Gasteiger partial charge in [-0.3, -0.25) is 9.48 Å². The van der Waals surface area contributed by atoms with Gasteiger partial charge in [0, 0.05) is 17.8 Å². The summed E-state index contributed by atoms with van der Waals surface area (Å²) >= 11 is 5.97. The van der Waals surface area contributed by atoms with Crippen molar-refractivity contribution in [2.45, 2.75) is 52.6 Å². The number of likely N-dealkylation sites (tertiary alicyclic amines) is 1. The zero-order valence-corrected chi connectivity index (χ0v) is 14.4. The van der Waals surface area contributed by atoms with E-state index in [0.717, 1.165) is 37.3 Å². The third-order valence-corrected chi connectivity index (χ3v) is 4.75. The van der Waals surface area contributed by atoms with Crippen LogP contribution < -0.4 is 0 Å². The second-order valence-corrected chi connectivity index (χ2v) is 6.53. The molecule has 1 fully saturated rings.